The van der Waals surface area contributed by atoms with Crippen LogP contribution in [-0.2, 0) is 12.7 Å². The first-order valence-electron chi connectivity index (χ1n) is 5.72. The second-order valence-electron chi connectivity index (χ2n) is 4.37. The molecule has 2 N–H and O–H groups in total. The van der Waals surface area contributed by atoms with Gasteiger partial charge in [-0.15, -0.1) is 0 Å². The van der Waals surface area contributed by atoms with E-state index < -0.39 is 17.4 Å². The summed E-state index contributed by atoms with van der Waals surface area (Å²) in [7, 11) is 0. The zero-order valence-electron chi connectivity index (χ0n) is 10.6. The number of anilines is 1. The van der Waals surface area contributed by atoms with Crippen LogP contribution in [0.25, 0.3) is 0 Å². The molecular weight excluding hydrogens is 269 g/mol. The zero-order valence-corrected chi connectivity index (χ0v) is 10.6. The van der Waals surface area contributed by atoms with Crippen LogP contribution in [0.3, 0.4) is 0 Å². The summed E-state index contributed by atoms with van der Waals surface area (Å²) in [6.45, 7) is 1.95. The number of nitrogen functional groups attached to an aromatic ring is 1. The van der Waals surface area contributed by atoms with Gasteiger partial charge in [0.15, 0.2) is 5.69 Å². The summed E-state index contributed by atoms with van der Waals surface area (Å²) in [6, 6.07) is 8.70. The van der Waals surface area contributed by atoms with Crippen LogP contribution in [0.15, 0.2) is 24.3 Å². The first-order chi connectivity index (χ1) is 9.32. The fourth-order valence-corrected chi connectivity index (χ4v) is 1.89. The molecule has 0 aliphatic heterocycles. The highest BCUT2D eigenvalue weighted by molar-refractivity contribution is 5.53. The van der Waals surface area contributed by atoms with Crippen LogP contribution in [0.1, 0.15) is 22.4 Å². The van der Waals surface area contributed by atoms with Crippen LogP contribution in [0, 0.1) is 18.3 Å². The molecule has 1 heterocycles. The standard InChI is InChI=1S/C13H11F3N4/c1-8-3-2-4-9(5-8)7-20-12(18)10(6-17)11(19-20)13(14,15)16/h2-5H,7,18H2,1H3. The van der Waals surface area contributed by atoms with E-state index in [0.29, 0.717) is 0 Å². The van der Waals surface area contributed by atoms with E-state index in [4.69, 9.17) is 11.0 Å². The highest BCUT2D eigenvalue weighted by Gasteiger charge is 2.39. The van der Waals surface area contributed by atoms with Gasteiger partial charge in [-0.2, -0.15) is 23.5 Å². The van der Waals surface area contributed by atoms with Crippen LogP contribution < -0.4 is 5.73 Å². The molecule has 4 nitrogen and oxygen atoms in total. The molecule has 1 aromatic carbocycles. The fraction of sp³-hybridized carbons (Fsp3) is 0.231. The SMILES string of the molecule is Cc1cccc(Cn2nc(C(F)(F)F)c(C#N)c2N)c1. The van der Waals surface area contributed by atoms with Crippen molar-refractivity contribution in [2.75, 3.05) is 5.73 Å². The van der Waals surface area contributed by atoms with Gasteiger partial charge in [-0.3, -0.25) is 0 Å². The van der Waals surface area contributed by atoms with Gasteiger partial charge in [0.1, 0.15) is 17.5 Å². The van der Waals surface area contributed by atoms with Gasteiger partial charge in [-0.05, 0) is 12.5 Å². The predicted molar refractivity (Wildman–Crippen MR) is 66.6 cm³/mol. The Balaban J connectivity index is 2.44. The molecule has 20 heavy (non-hydrogen) atoms. The van der Waals surface area contributed by atoms with E-state index in [1.54, 1.807) is 12.1 Å². The molecule has 2 rings (SSSR count). The first kappa shape index (κ1) is 13.9. The first-order valence-corrected chi connectivity index (χ1v) is 5.72. The van der Waals surface area contributed by atoms with Crippen molar-refractivity contribution >= 4 is 5.82 Å². The van der Waals surface area contributed by atoms with Gasteiger partial charge in [0.05, 0.1) is 6.54 Å². The molecule has 7 heteroatoms. The third kappa shape index (κ3) is 2.59. The smallest absolute Gasteiger partial charge is 0.383 e. The average Bonchev–Trinajstić information content (AvgIpc) is 2.66. The lowest BCUT2D eigenvalue weighted by molar-refractivity contribution is -0.141. The van der Waals surface area contributed by atoms with Crippen molar-refractivity contribution in [2.24, 2.45) is 0 Å². The maximum atomic E-state index is 12.7. The van der Waals surface area contributed by atoms with Crippen LogP contribution in [-0.4, -0.2) is 9.78 Å². The summed E-state index contributed by atoms with van der Waals surface area (Å²) in [5.74, 6) is -0.277. The Labute approximate surface area is 113 Å². The van der Waals surface area contributed by atoms with Crippen molar-refractivity contribution in [3.63, 3.8) is 0 Å². The molecule has 0 aliphatic carbocycles. The van der Waals surface area contributed by atoms with E-state index in [9.17, 15) is 13.2 Å². The maximum Gasteiger partial charge on any atom is 0.436 e. The summed E-state index contributed by atoms with van der Waals surface area (Å²) in [6.07, 6.45) is -4.70. The molecule has 0 aliphatic rings. The number of aromatic nitrogens is 2. The van der Waals surface area contributed by atoms with Gasteiger partial charge < -0.3 is 5.73 Å². The summed E-state index contributed by atoms with van der Waals surface area (Å²) in [5, 5.41) is 12.2. The number of benzene rings is 1. The van der Waals surface area contributed by atoms with Crippen LogP contribution >= 0.6 is 0 Å². The number of aryl methyl sites for hydroxylation is 1. The molecule has 1 aromatic heterocycles. The lowest BCUT2D eigenvalue weighted by atomic mass is 10.1. The Morgan fingerprint density at radius 2 is 2.10 bits per heavy atom. The highest BCUT2D eigenvalue weighted by atomic mass is 19.4. The molecule has 0 unspecified atom stereocenters. The number of halogens is 3. The van der Waals surface area contributed by atoms with E-state index in [2.05, 4.69) is 5.10 Å². The number of hydrogen-bond donors (Lipinski definition) is 1. The van der Waals surface area contributed by atoms with E-state index >= 15 is 0 Å². The predicted octanol–water partition coefficient (Wildman–Crippen LogP) is 2.71. The van der Waals surface area contributed by atoms with Crippen molar-refractivity contribution in [1.82, 2.24) is 9.78 Å². The topological polar surface area (TPSA) is 67.6 Å². The molecule has 0 amide bonds. The number of nitrogens with zero attached hydrogens (tertiary/aromatic N) is 3. The van der Waals surface area contributed by atoms with Gasteiger partial charge in [-0.25, -0.2) is 4.68 Å². The molecule has 2 aromatic rings. The lowest BCUT2D eigenvalue weighted by Crippen LogP contribution is -2.10. The Morgan fingerprint density at radius 3 is 2.60 bits per heavy atom. The van der Waals surface area contributed by atoms with Crippen LogP contribution in [0.5, 0.6) is 0 Å². The minimum Gasteiger partial charge on any atom is -0.383 e. The summed E-state index contributed by atoms with van der Waals surface area (Å²) in [4.78, 5) is 0. The quantitative estimate of drug-likeness (QED) is 0.919. The van der Waals surface area contributed by atoms with Crippen molar-refractivity contribution in [3.8, 4) is 6.07 Å². The number of nitriles is 1. The third-order valence-corrected chi connectivity index (χ3v) is 2.79. The van der Waals surface area contributed by atoms with Crippen LogP contribution in [0.2, 0.25) is 0 Å². The third-order valence-electron chi connectivity index (χ3n) is 2.79. The van der Waals surface area contributed by atoms with Gasteiger partial charge >= 0.3 is 6.18 Å². The normalized spacial score (nSPS) is 11.3. The van der Waals surface area contributed by atoms with Crippen molar-refractivity contribution in [2.45, 2.75) is 19.6 Å². The second kappa shape index (κ2) is 4.89. The van der Waals surface area contributed by atoms with E-state index in [0.717, 1.165) is 15.8 Å². The highest BCUT2D eigenvalue weighted by Crippen LogP contribution is 2.33. The number of nitrogens with two attached hydrogens (primary N) is 1. The molecule has 0 saturated heterocycles. The van der Waals surface area contributed by atoms with Gasteiger partial charge in [0.25, 0.3) is 0 Å². The summed E-state index contributed by atoms with van der Waals surface area (Å²) in [5.41, 5.74) is 5.43. The lowest BCUT2D eigenvalue weighted by Gasteiger charge is -2.05. The fourth-order valence-electron chi connectivity index (χ4n) is 1.89. The Morgan fingerprint density at radius 1 is 1.40 bits per heavy atom. The average molecular weight is 280 g/mol. The Kier molecular flexibility index (Phi) is 3.40. The van der Waals surface area contributed by atoms with E-state index in [-0.39, 0.29) is 12.4 Å². The molecule has 104 valence electrons. The van der Waals surface area contributed by atoms with Crippen molar-refractivity contribution < 1.29 is 13.2 Å². The molecule has 0 bridgehead atoms. The summed E-state index contributed by atoms with van der Waals surface area (Å²) < 4.78 is 39.2. The maximum absolute atomic E-state index is 12.7. The van der Waals surface area contributed by atoms with E-state index in [1.807, 2.05) is 19.1 Å². The summed E-state index contributed by atoms with van der Waals surface area (Å²) >= 11 is 0. The number of hydrogen-bond acceptors (Lipinski definition) is 3. The molecular formula is C13H11F3N4. The van der Waals surface area contributed by atoms with Crippen molar-refractivity contribution in [3.05, 3.63) is 46.6 Å². The second-order valence-corrected chi connectivity index (χ2v) is 4.37. The molecule has 0 atom stereocenters. The van der Waals surface area contributed by atoms with E-state index in [1.165, 1.54) is 6.07 Å². The molecule has 0 fully saturated rings. The molecule has 0 radical (unpaired) electrons. The molecule has 0 saturated carbocycles. The van der Waals surface area contributed by atoms with Crippen LogP contribution in [0.4, 0.5) is 19.0 Å². The van der Waals surface area contributed by atoms with Gasteiger partial charge in [-0.1, -0.05) is 29.8 Å². The van der Waals surface area contributed by atoms with Gasteiger partial charge in [0.2, 0.25) is 0 Å². The van der Waals surface area contributed by atoms with Crippen molar-refractivity contribution in [1.29, 1.82) is 5.26 Å². The number of alkyl halides is 3. The zero-order chi connectivity index (χ0) is 14.9. The Hall–Kier alpha value is -2.49. The number of rotatable bonds is 2. The molecule has 0 spiro atoms. The monoisotopic (exact) mass is 280 g/mol. The minimum absolute atomic E-state index is 0.0816. The minimum atomic E-state index is -4.70. The largest absolute Gasteiger partial charge is 0.436 e. The van der Waals surface area contributed by atoms with Gasteiger partial charge in [0, 0.05) is 0 Å². The Bertz CT molecular complexity index is 680.